The van der Waals surface area contributed by atoms with Crippen molar-refractivity contribution in [1.82, 2.24) is 0 Å². The standard InChI is InChI=1S/C17H12F9NO3S/c18-14(19,20)8-10-2-1-3-12(13(10)31(27,29)30)9-4-6-11(7-5-9)15(28,16(21,22)23)17(24,25)26/h1-7,28H,8H2,(H2,27,29,30). The van der Waals surface area contributed by atoms with Gasteiger partial charge >= 0.3 is 18.5 Å². The molecule has 0 aliphatic rings. The molecule has 0 aliphatic carbocycles. The number of halogens is 9. The fourth-order valence-corrected chi connectivity index (χ4v) is 3.88. The minimum Gasteiger partial charge on any atom is -0.369 e. The highest BCUT2D eigenvalue weighted by atomic mass is 32.2. The van der Waals surface area contributed by atoms with Gasteiger partial charge in [-0.05, 0) is 11.1 Å². The summed E-state index contributed by atoms with van der Waals surface area (Å²) in [6.45, 7) is 0. The van der Waals surface area contributed by atoms with Crippen molar-refractivity contribution in [3.63, 3.8) is 0 Å². The third-order valence-corrected chi connectivity index (χ3v) is 5.26. The van der Waals surface area contributed by atoms with Gasteiger partial charge in [0, 0.05) is 11.1 Å². The number of hydrogen-bond donors (Lipinski definition) is 2. The second-order valence-electron chi connectivity index (χ2n) is 6.41. The molecule has 0 saturated heterocycles. The summed E-state index contributed by atoms with van der Waals surface area (Å²) >= 11 is 0. The van der Waals surface area contributed by atoms with Crippen LogP contribution < -0.4 is 5.14 Å². The van der Waals surface area contributed by atoms with Crippen molar-refractivity contribution in [3.8, 4) is 11.1 Å². The molecule has 31 heavy (non-hydrogen) atoms. The van der Waals surface area contributed by atoms with Crippen molar-refractivity contribution >= 4 is 10.0 Å². The lowest BCUT2D eigenvalue weighted by molar-refractivity contribution is -0.376. The van der Waals surface area contributed by atoms with Crippen molar-refractivity contribution in [2.75, 3.05) is 0 Å². The number of rotatable bonds is 4. The summed E-state index contributed by atoms with van der Waals surface area (Å²) in [6.07, 6.45) is -18.8. The number of hydrogen-bond acceptors (Lipinski definition) is 3. The molecule has 2 aromatic carbocycles. The Balaban J connectivity index is 2.69. The molecule has 0 radical (unpaired) electrons. The number of aliphatic hydroxyl groups is 1. The Bertz CT molecular complexity index is 1040. The zero-order valence-electron chi connectivity index (χ0n) is 14.9. The van der Waals surface area contributed by atoms with E-state index >= 15 is 0 Å². The van der Waals surface area contributed by atoms with E-state index in [4.69, 9.17) is 5.14 Å². The summed E-state index contributed by atoms with van der Waals surface area (Å²) in [5, 5.41) is 14.4. The van der Waals surface area contributed by atoms with Gasteiger partial charge in [0.25, 0.3) is 5.60 Å². The molecule has 0 saturated carbocycles. The highest BCUT2D eigenvalue weighted by Gasteiger charge is 2.71. The monoisotopic (exact) mass is 481 g/mol. The Kier molecular flexibility index (Phi) is 6.17. The summed E-state index contributed by atoms with van der Waals surface area (Å²) in [5.41, 5.74) is -8.43. The summed E-state index contributed by atoms with van der Waals surface area (Å²) in [6, 6.07) is 4.48. The Morgan fingerprint density at radius 1 is 0.806 bits per heavy atom. The Morgan fingerprint density at radius 3 is 1.68 bits per heavy atom. The number of primary sulfonamides is 1. The highest BCUT2D eigenvalue weighted by Crippen LogP contribution is 2.50. The second kappa shape index (κ2) is 7.67. The summed E-state index contributed by atoms with van der Waals surface area (Å²) in [4.78, 5) is -0.984. The van der Waals surface area contributed by atoms with Gasteiger partial charge in [0.05, 0.1) is 11.3 Å². The molecule has 0 unspecified atom stereocenters. The van der Waals surface area contributed by atoms with Crippen LogP contribution in [-0.2, 0) is 22.0 Å². The Labute approximate surface area is 169 Å². The van der Waals surface area contributed by atoms with Crippen LogP contribution in [0.2, 0.25) is 0 Å². The molecule has 0 bridgehead atoms. The van der Waals surface area contributed by atoms with E-state index in [0.717, 1.165) is 18.2 Å². The predicted molar refractivity (Wildman–Crippen MR) is 89.0 cm³/mol. The minimum absolute atomic E-state index is 0.236. The van der Waals surface area contributed by atoms with Gasteiger partial charge in [0.2, 0.25) is 10.0 Å². The van der Waals surface area contributed by atoms with Gasteiger partial charge in [-0.15, -0.1) is 0 Å². The van der Waals surface area contributed by atoms with E-state index in [1.54, 1.807) is 0 Å². The summed E-state index contributed by atoms with van der Waals surface area (Å²) in [7, 11) is -4.78. The van der Waals surface area contributed by atoms with E-state index in [-0.39, 0.29) is 17.7 Å². The van der Waals surface area contributed by atoms with E-state index in [1.165, 1.54) is 0 Å². The van der Waals surface area contributed by atoms with Crippen LogP contribution in [0.1, 0.15) is 11.1 Å². The maximum Gasteiger partial charge on any atom is 0.430 e. The van der Waals surface area contributed by atoms with E-state index in [1.807, 2.05) is 0 Å². The first-order chi connectivity index (χ1) is 13.8. The van der Waals surface area contributed by atoms with Crippen LogP contribution in [0.4, 0.5) is 39.5 Å². The van der Waals surface area contributed by atoms with Crippen LogP contribution >= 0.6 is 0 Å². The number of sulfonamides is 1. The third-order valence-electron chi connectivity index (χ3n) is 4.21. The van der Waals surface area contributed by atoms with Gasteiger partial charge in [0.15, 0.2) is 0 Å². The molecular weight excluding hydrogens is 469 g/mol. The molecule has 14 heteroatoms. The Morgan fingerprint density at radius 2 is 1.29 bits per heavy atom. The molecule has 0 heterocycles. The number of alkyl halides is 9. The van der Waals surface area contributed by atoms with Crippen molar-refractivity contribution in [3.05, 3.63) is 53.6 Å². The molecule has 2 aromatic rings. The SMILES string of the molecule is NS(=O)(=O)c1c(CC(F)(F)F)cccc1-c1ccc(C(O)(C(F)(F)F)C(F)(F)F)cc1. The lowest BCUT2D eigenvalue weighted by Gasteiger charge is -2.32. The minimum atomic E-state index is -6.15. The smallest absolute Gasteiger partial charge is 0.369 e. The topological polar surface area (TPSA) is 80.4 Å². The van der Waals surface area contributed by atoms with Crippen LogP contribution in [0.25, 0.3) is 11.1 Å². The van der Waals surface area contributed by atoms with Gasteiger partial charge in [-0.1, -0.05) is 42.5 Å². The summed E-state index contributed by atoms with van der Waals surface area (Å²) in [5.74, 6) is 0. The lowest BCUT2D eigenvalue weighted by Crippen LogP contribution is -2.53. The molecule has 0 aliphatic heterocycles. The van der Waals surface area contributed by atoms with Crippen LogP contribution in [0.3, 0.4) is 0 Å². The second-order valence-corrected chi connectivity index (χ2v) is 7.91. The molecular formula is C17H12F9NO3S. The van der Waals surface area contributed by atoms with E-state index in [0.29, 0.717) is 12.1 Å². The van der Waals surface area contributed by atoms with Crippen LogP contribution in [0, 0.1) is 0 Å². The van der Waals surface area contributed by atoms with Gasteiger partial charge in [-0.3, -0.25) is 0 Å². The maximum absolute atomic E-state index is 13.0. The van der Waals surface area contributed by atoms with Crippen molar-refractivity contribution in [1.29, 1.82) is 0 Å². The predicted octanol–water partition coefficient (Wildman–Crippen LogP) is 4.42. The number of benzene rings is 2. The lowest BCUT2D eigenvalue weighted by atomic mass is 9.90. The van der Waals surface area contributed by atoms with E-state index < -0.39 is 62.2 Å². The fraction of sp³-hybridized carbons (Fsp3) is 0.294. The maximum atomic E-state index is 13.0. The Hall–Kier alpha value is -2.32. The molecule has 0 amide bonds. The first kappa shape index (κ1) is 24.9. The van der Waals surface area contributed by atoms with Crippen molar-refractivity contribution in [2.24, 2.45) is 5.14 Å². The quantitative estimate of drug-likeness (QED) is 0.635. The first-order valence-corrected chi connectivity index (χ1v) is 9.52. The zero-order valence-corrected chi connectivity index (χ0v) is 15.7. The molecule has 3 N–H and O–H groups in total. The van der Waals surface area contributed by atoms with E-state index in [9.17, 15) is 53.0 Å². The van der Waals surface area contributed by atoms with Gasteiger partial charge < -0.3 is 5.11 Å². The normalized spacial score (nSPS) is 14.0. The summed E-state index contributed by atoms with van der Waals surface area (Å²) < 4.78 is 140. The van der Waals surface area contributed by atoms with Crippen LogP contribution in [-0.4, -0.2) is 32.1 Å². The van der Waals surface area contributed by atoms with Gasteiger partial charge in [-0.2, -0.15) is 39.5 Å². The molecule has 0 spiro atoms. The average Bonchev–Trinajstić information content (AvgIpc) is 2.56. The fourth-order valence-electron chi connectivity index (χ4n) is 2.88. The number of nitrogens with two attached hydrogens (primary N) is 1. The highest BCUT2D eigenvalue weighted by molar-refractivity contribution is 7.89. The molecule has 0 atom stereocenters. The molecule has 4 nitrogen and oxygen atoms in total. The first-order valence-electron chi connectivity index (χ1n) is 7.97. The largest absolute Gasteiger partial charge is 0.430 e. The van der Waals surface area contributed by atoms with Crippen LogP contribution in [0.5, 0.6) is 0 Å². The van der Waals surface area contributed by atoms with Gasteiger partial charge in [0.1, 0.15) is 0 Å². The van der Waals surface area contributed by atoms with Crippen molar-refractivity contribution in [2.45, 2.75) is 35.4 Å². The average molecular weight is 481 g/mol. The van der Waals surface area contributed by atoms with Gasteiger partial charge in [-0.25, -0.2) is 13.6 Å². The van der Waals surface area contributed by atoms with Crippen molar-refractivity contribution < 1.29 is 53.0 Å². The van der Waals surface area contributed by atoms with Crippen LogP contribution in [0.15, 0.2) is 47.4 Å². The molecule has 2 rings (SSSR count). The zero-order chi connectivity index (χ0) is 24.0. The molecule has 0 aromatic heterocycles. The molecule has 172 valence electrons. The third kappa shape index (κ3) is 4.96. The molecule has 0 fully saturated rings. The van der Waals surface area contributed by atoms with E-state index in [2.05, 4.69) is 0 Å².